The summed E-state index contributed by atoms with van der Waals surface area (Å²) in [7, 11) is 0. The molecule has 0 unspecified atom stereocenters. The zero-order valence-electron chi connectivity index (χ0n) is 16.6. The topological polar surface area (TPSA) is 99.4 Å². The first-order valence-electron chi connectivity index (χ1n) is 9.88. The summed E-state index contributed by atoms with van der Waals surface area (Å²) in [6.45, 7) is 4.94. The maximum absolute atomic E-state index is 12.6. The fourth-order valence-corrected chi connectivity index (χ4v) is 3.29. The number of carbonyl (C=O) groups is 1. The van der Waals surface area contributed by atoms with Gasteiger partial charge in [0.05, 0.1) is 24.8 Å². The number of aryl methyl sites for hydroxylation is 1. The van der Waals surface area contributed by atoms with Gasteiger partial charge < -0.3 is 19.2 Å². The van der Waals surface area contributed by atoms with Crippen LogP contribution in [0.2, 0.25) is 0 Å². The second kappa shape index (κ2) is 8.57. The maximum Gasteiger partial charge on any atom is 0.414 e. The molecule has 29 heavy (non-hydrogen) atoms. The fraction of sp³-hybridized carbons (Fsp3) is 0.429. The first kappa shape index (κ1) is 19.3. The standard InChI is InChI=1S/C21H24N4O4/c1-3-10-27-21-25-24-20(29-21)18-9-6-15(12-28-18)22-19(26)17-8-5-14-11-13(2)4-7-16(14)23-17/h4-5,7-8,11,15,18H,3,6,9-10,12H2,1-2H3,(H,22,26)/t15-,18+/m0/s1. The number of rotatable bonds is 6. The lowest BCUT2D eigenvalue weighted by atomic mass is 10.0. The second-order valence-electron chi connectivity index (χ2n) is 7.22. The van der Waals surface area contributed by atoms with E-state index in [0.717, 1.165) is 29.3 Å². The van der Waals surface area contributed by atoms with Crippen molar-refractivity contribution >= 4 is 16.8 Å². The molecule has 1 aromatic carbocycles. The van der Waals surface area contributed by atoms with Gasteiger partial charge in [-0.3, -0.25) is 4.79 Å². The van der Waals surface area contributed by atoms with E-state index in [0.29, 0.717) is 31.2 Å². The van der Waals surface area contributed by atoms with Gasteiger partial charge in [-0.15, -0.1) is 5.10 Å². The van der Waals surface area contributed by atoms with E-state index in [1.54, 1.807) is 6.07 Å². The lowest BCUT2D eigenvalue weighted by Gasteiger charge is -2.27. The number of amides is 1. The Morgan fingerprint density at radius 2 is 2.14 bits per heavy atom. The van der Waals surface area contributed by atoms with Gasteiger partial charge in [0, 0.05) is 5.39 Å². The van der Waals surface area contributed by atoms with Gasteiger partial charge in [0.1, 0.15) is 11.8 Å². The lowest BCUT2D eigenvalue weighted by molar-refractivity contribution is -0.0190. The summed E-state index contributed by atoms with van der Waals surface area (Å²) in [6.07, 6.45) is 2.17. The Bertz CT molecular complexity index is 995. The lowest BCUT2D eigenvalue weighted by Crippen LogP contribution is -2.41. The van der Waals surface area contributed by atoms with Crippen LogP contribution in [0.15, 0.2) is 34.7 Å². The van der Waals surface area contributed by atoms with Gasteiger partial charge in [0.15, 0.2) is 0 Å². The summed E-state index contributed by atoms with van der Waals surface area (Å²) in [5, 5.41) is 11.9. The van der Waals surface area contributed by atoms with Crippen LogP contribution in [0, 0.1) is 6.92 Å². The van der Waals surface area contributed by atoms with E-state index in [1.165, 1.54) is 0 Å². The molecule has 1 saturated heterocycles. The predicted molar refractivity (Wildman–Crippen MR) is 106 cm³/mol. The first-order valence-corrected chi connectivity index (χ1v) is 9.88. The molecule has 152 valence electrons. The minimum Gasteiger partial charge on any atom is -0.449 e. The summed E-state index contributed by atoms with van der Waals surface area (Å²) in [5.41, 5.74) is 2.37. The van der Waals surface area contributed by atoms with E-state index < -0.39 is 0 Å². The molecule has 8 heteroatoms. The molecule has 4 rings (SSSR count). The summed E-state index contributed by atoms with van der Waals surface area (Å²) < 4.78 is 16.6. The van der Waals surface area contributed by atoms with Gasteiger partial charge >= 0.3 is 6.08 Å². The number of nitrogens with zero attached hydrogens (tertiary/aromatic N) is 3. The molecule has 2 atom stereocenters. The summed E-state index contributed by atoms with van der Waals surface area (Å²) >= 11 is 0. The highest BCUT2D eigenvalue weighted by Gasteiger charge is 2.28. The van der Waals surface area contributed by atoms with E-state index in [1.807, 2.05) is 32.0 Å². The molecule has 3 aromatic rings. The smallest absolute Gasteiger partial charge is 0.414 e. The van der Waals surface area contributed by atoms with Crippen molar-refractivity contribution in [1.29, 1.82) is 0 Å². The van der Waals surface area contributed by atoms with Crippen LogP contribution >= 0.6 is 0 Å². The Kier molecular flexibility index (Phi) is 5.71. The molecule has 3 heterocycles. The zero-order chi connectivity index (χ0) is 20.2. The molecule has 1 N–H and O–H groups in total. The number of benzene rings is 1. The average molecular weight is 396 g/mol. The molecule has 0 saturated carbocycles. The Labute approximate surface area is 168 Å². The van der Waals surface area contributed by atoms with E-state index in [9.17, 15) is 4.79 Å². The number of nitrogens with one attached hydrogen (secondary N) is 1. The molecule has 1 amide bonds. The normalized spacial score (nSPS) is 19.2. The molecular formula is C21H24N4O4. The van der Waals surface area contributed by atoms with Crippen molar-refractivity contribution in [3.63, 3.8) is 0 Å². The number of carbonyl (C=O) groups excluding carboxylic acids is 1. The zero-order valence-corrected chi connectivity index (χ0v) is 16.6. The van der Waals surface area contributed by atoms with E-state index in [2.05, 4.69) is 26.6 Å². The molecule has 0 aliphatic carbocycles. The SMILES string of the molecule is CCCOc1nnc([C@H]2CC[C@H](NC(=O)c3ccc4cc(C)ccc4n3)CO2)o1. The largest absolute Gasteiger partial charge is 0.449 e. The number of hydrogen-bond acceptors (Lipinski definition) is 7. The minimum atomic E-state index is -0.281. The van der Waals surface area contributed by atoms with Crippen LogP contribution in [0.25, 0.3) is 10.9 Å². The minimum absolute atomic E-state index is 0.0898. The number of aromatic nitrogens is 3. The highest BCUT2D eigenvalue weighted by atomic mass is 16.6. The Morgan fingerprint density at radius 1 is 1.24 bits per heavy atom. The van der Waals surface area contributed by atoms with Crippen LogP contribution in [0.1, 0.15) is 54.2 Å². The van der Waals surface area contributed by atoms with Gasteiger partial charge in [0.25, 0.3) is 5.91 Å². The van der Waals surface area contributed by atoms with Crippen molar-refractivity contribution in [3.8, 4) is 6.08 Å². The number of fused-ring (bicyclic) bond motifs is 1. The van der Waals surface area contributed by atoms with Crippen LogP contribution in [0.5, 0.6) is 6.08 Å². The second-order valence-corrected chi connectivity index (χ2v) is 7.22. The monoisotopic (exact) mass is 396 g/mol. The quantitative estimate of drug-likeness (QED) is 0.682. The van der Waals surface area contributed by atoms with Gasteiger partial charge in [-0.1, -0.05) is 29.7 Å². The molecule has 0 spiro atoms. The molecule has 0 bridgehead atoms. The summed E-state index contributed by atoms with van der Waals surface area (Å²) in [5.74, 6) is 0.208. The van der Waals surface area contributed by atoms with Crippen molar-refractivity contribution < 1.29 is 18.7 Å². The van der Waals surface area contributed by atoms with Gasteiger partial charge in [-0.25, -0.2) is 4.98 Å². The number of pyridine rings is 1. The number of hydrogen-bond donors (Lipinski definition) is 1. The van der Waals surface area contributed by atoms with Gasteiger partial charge in [-0.2, -0.15) is 0 Å². The van der Waals surface area contributed by atoms with Crippen LogP contribution in [0.3, 0.4) is 0 Å². The van der Waals surface area contributed by atoms with Crippen molar-refractivity contribution in [3.05, 3.63) is 47.5 Å². The van der Waals surface area contributed by atoms with Crippen molar-refractivity contribution in [2.75, 3.05) is 13.2 Å². The van der Waals surface area contributed by atoms with E-state index in [4.69, 9.17) is 13.9 Å². The molecular weight excluding hydrogens is 372 g/mol. The summed E-state index contributed by atoms with van der Waals surface area (Å²) in [4.78, 5) is 17.1. The third kappa shape index (κ3) is 4.54. The Hall–Kier alpha value is -3.00. The van der Waals surface area contributed by atoms with Gasteiger partial charge in [0.2, 0.25) is 5.89 Å². The van der Waals surface area contributed by atoms with Crippen LogP contribution in [-0.2, 0) is 4.74 Å². The van der Waals surface area contributed by atoms with Crippen LogP contribution in [0.4, 0.5) is 0 Å². The van der Waals surface area contributed by atoms with Crippen molar-refractivity contribution in [2.45, 2.75) is 45.3 Å². The summed E-state index contributed by atoms with van der Waals surface area (Å²) in [6, 6.07) is 9.55. The van der Waals surface area contributed by atoms with E-state index >= 15 is 0 Å². The molecule has 1 aliphatic rings. The average Bonchev–Trinajstić information content (AvgIpc) is 3.21. The third-order valence-electron chi connectivity index (χ3n) is 4.82. The third-order valence-corrected chi connectivity index (χ3v) is 4.82. The van der Waals surface area contributed by atoms with Crippen molar-refractivity contribution in [1.82, 2.24) is 20.5 Å². The number of ether oxygens (including phenoxy) is 2. The van der Waals surface area contributed by atoms with Crippen LogP contribution in [-0.4, -0.2) is 40.3 Å². The van der Waals surface area contributed by atoms with Crippen LogP contribution < -0.4 is 10.1 Å². The molecule has 1 aliphatic heterocycles. The van der Waals surface area contributed by atoms with E-state index in [-0.39, 0.29) is 24.1 Å². The molecule has 8 nitrogen and oxygen atoms in total. The Balaban J connectivity index is 1.33. The Morgan fingerprint density at radius 3 is 2.93 bits per heavy atom. The predicted octanol–water partition coefficient (Wildman–Crippen LogP) is 3.37. The van der Waals surface area contributed by atoms with Crippen molar-refractivity contribution in [2.24, 2.45) is 0 Å². The molecule has 1 fully saturated rings. The van der Waals surface area contributed by atoms with Gasteiger partial charge in [-0.05, 0) is 44.4 Å². The molecule has 2 aromatic heterocycles. The maximum atomic E-state index is 12.6. The first-order chi connectivity index (χ1) is 14.1. The highest BCUT2D eigenvalue weighted by molar-refractivity contribution is 5.95. The highest BCUT2D eigenvalue weighted by Crippen LogP contribution is 2.28. The fourth-order valence-electron chi connectivity index (χ4n) is 3.29. The molecule has 0 radical (unpaired) electrons.